The van der Waals surface area contributed by atoms with E-state index >= 15 is 0 Å². The second kappa shape index (κ2) is 6.46. The number of benzene rings is 1. The normalized spacial score (nSPS) is 25.3. The lowest BCUT2D eigenvalue weighted by molar-refractivity contribution is 0.201. The topological polar surface area (TPSA) is 32.5 Å². The molecule has 110 valence electrons. The number of hydrogen-bond acceptors (Lipinski definition) is 3. The molecule has 2 heterocycles. The van der Waals surface area contributed by atoms with Gasteiger partial charge in [-0.1, -0.05) is 15.9 Å². The summed E-state index contributed by atoms with van der Waals surface area (Å²) in [6, 6.07) is 9.47. The number of nitrogens with zero attached hydrogens (tertiary/aromatic N) is 2. The number of piperidine rings is 1. The Balaban J connectivity index is 1.53. The molecule has 2 aliphatic heterocycles. The standard InChI is InChI=1S/C16H24BrN3/c17-14-1-3-15(4-2-14)19-9-6-16(7-10-19)20-8-5-13(11-18)12-20/h1-4,13,16H,5-12,18H2. The Bertz CT molecular complexity index is 426. The molecular weight excluding hydrogens is 314 g/mol. The van der Waals surface area contributed by atoms with Crippen molar-refractivity contribution in [3.8, 4) is 0 Å². The summed E-state index contributed by atoms with van der Waals surface area (Å²) < 4.78 is 1.15. The lowest BCUT2D eigenvalue weighted by Gasteiger charge is -2.38. The molecule has 0 spiro atoms. The summed E-state index contributed by atoms with van der Waals surface area (Å²) in [6.45, 7) is 5.69. The molecular formula is C16H24BrN3. The van der Waals surface area contributed by atoms with E-state index in [1.807, 2.05) is 0 Å². The molecule has 2 N–H and O–H groups in total. The van der Waals surface area contributed by atoms with Gasteiger partial charge in [0.25, 0.3) is 0 Å². The summed E-state index contributed by atoms with van der Waals surface area (Å²) >= 11 is 3.50. The van der Waals surface area contributed by atoms with Crippen molar-refractivity contribution in [1.29, 1.82) is 0 Å². The summed E-state index contributed by atoms with van der Waals surface area (Å²) in [7, 11) is 0. The summed E-state index contributed by atoms with van der Waals surface area (Å²) in [5.41, 5.74) is 7.15. The van der Waals surface area contributed by atoms with E-state index in [-0.39, 0.29) is 0 Å². The summed E-state index contributed by atoms with van der Waals surface area (Å²) in [5.74, 6) is 0.736. The molecule has 2 aliphatic rings. The van der Waals surface area contributed by atoms with Crippen LogP contribution in [0.15, 0.2) is 28.7 Å². The van der Waals surface area contributed by atoms with Crippen molar-refractivity contribution in [1.82, 2.24) is 4.90 Å². The van der Waals surface area contributed by atoms with Crippen molar-refractivity contribution in [3.63, 3.8) is 0 Å². The fraction of sp³-hybridized carbons (Fsp3) is 0.625. The quantitative estimate of drug-likeness (QED) is 0.920. The Hall–Kier alpha value is -0.580. The van der Waals surface area contributed by atoms with E-state index in [0.717, 1.165) is 23.0 Å². The molecule has 20 heavy (non-hydrogen) atoms. The molecule has 3 nitrogen and oxygen atoms in total. The van der Waals surface area contributed by atoms with Crippen LogP contribution in [-0.4, -0.2) is 43.7 Å². The molecule has 0 amide bonds. The smallest absolute Gasteiger partial charge is 0.0366 e. The van der Waals surface area contributed by atoms with Crippen LogP contribution in [0, 0.1) is 5.92 Å². The van der Waals surface area contributed by atoms with Crippen LogP contribution in [0.4, 0.5) is 5.69 Å². The molecule has 0 radical (unpaired) electrons. The third-order valence-corrected chi connectivity index (χ3v) is 5.35. The van der Waals surface area contributed by atoms with Gasteiger partial charge < -0.3 is 10.6 Å². The molecule has 0 saturated carbocycles. The third-order valence-electron chi connectivity index (χ3n) is 4.82. The minimum atomic E-state index is 0.736. The van der Waals surface area contributed by atoms with Gasteiger partial charge in [0.2, 0.25) is 0 Å². The van der Waals surface area contributed by atoms with Crippen LogP contribution in [0.25, 0.3) is 0 Å². The maximum atomic E-state index is 5.80. The maximum absolute atomic E-state index is 5.80. The molecule has 1 aromatic rings. The number of anilines is 1. The Morgan fingerprint density at radius 2 is 1.75 bits per heavy atom. The highest BCUT2D eigenvalue weighted by molar-refractivity contribution is 9.10. The fourth-order valence-corrected chi connectivity index (χ4v) is 3.79. The molecule has 1 unspecified atom stereocenters. The van der Waals surface area contributed by atoms with Gasteiger partial charge in [-0.25, -0.2) is 0 Å². The molecule has 1 aromatic carbocycles. The van der Waals surface area contributed by atoms with Crippen LogP contribution in [0.5, 0.6) is 0 Å². The first-order chi connectivity index (χ1) is 9.76. The number of hydrogen-bond donors (Lipinski definition) is 1. The van der Waals surface area contributed by atoms with Crippen molar-refractivity contribution in [2.75, 3.05) is 37.6 Å². The van der Waals surface area contributed by atoms with Crippen molar-refractivity contribution >= 4 is 21.6 Å². The SMILES string of the molecule is NCC1CCN(C2CCN(c3ccc(Br)cc3)CC2)C1. The first-order valence-electron chi connectivity index (χ1n) is 7.71. The number of nitrogens with two attached hydrogens (primary N) is 1. The van der Waals surface area contributed by atoms with Crippen LogP contribution in [0.1, 0.15) is 19.3 Å². The predicted octanol–water partition coefficient (Wildman–Crippen LogP) is 2.70. The second-order valence-electron chi connectivity index (χ2n) is 6.08. The summed E-state index contributed by atoms with van der Waals surface area (Å²) in [5, 5.41) is 0. The molecule has 0 aliphatic carbocycles. The van der Waals surface area contributed by atoms with Crippen LogP contribution in [0.2, 0.25) is 0 Å². The second-order valence-corrected chi connectivity index (χ2v) is 7.00. The number of likely N-dealkylation sites (tertiary alicyclic amines) is 1. The van der Waals surface area contributed by atoms with Gasteiger partial charge in [0, 0.05) is 35.8 Å². The number of halogens is 1. The maximum Gasteiger partial charge on any atom is 0.0366 e. The van der Waals surface area contributed by atoms with E-state index in [1.165, 1.54) is 51.1 Å². The van der Waals surface area contributed by atoms with E-state index in [0.29, 0.717) is 0 Å². The highest BCUT2D eigenvalue weighted by Gasteiger charge is 2.30. The van der Waals surface area contributed by atoms with Gasteiger partial charge in [-0.15, -0.1) is 0 Å². The van der Waals surface area contributed by atoms with Crippen molar-refractivity contribution in [3.05, 3.63) is 28.7 Å². The van der Waals surface area contributed by atoms with Crippen LogP contribution in [0.3, 0.4) is 0 Å². The Morgan fingerprint density at radius 3 is 2.35 bits per heavy atom. The molecule has 2 saturated heterocycles. The molecule has 1 atom stereocenters. The monoisotopic (exact) mass is 337 g/mol. The van der Waals surface area contributed by atoms with Crippen molar-refractivity contribution in [2.24, 2.45) is 11.7 Å². The Morgan fingerprint density at radius 1 is 1.05 bits per heavy atom. The summed E-state index contributed by atoms with van der Waals surface area (Å²) in [4.78, 5) is 5.19. The predicted molar refractivity (Wildman–Crippen MR) is 88.1 cm³/mol. The minimum absolute atomic E-state index is 0.736. The zero-order valence-corrected chi connectivity index (χ0v) is 13.6. The van der Waals surface area contributed by atoms with E-state index in [2.05, 4.69) is 50.0 Å². The first kappa shape index (κ1) is 14.4. The van der Waals surface area contributed by atoms with E-state index in [1.54, 1.807) is 0 Å². The van der Waals surface area contributed by atoms with Gasteiger partial charge in [-0.2, -0.15) is 0 Å². The average Bonchev–Trinajstić information content (AvgIpc) is 2.97. The number of rotatable bonds is 3. The van der Waals surface area contributed by atoms with Crippen molar-refractivity contribution < 1.29 is 0 Å². The highest BCUT2D eigenvalue weighted by Crippen LogP contribution is 2.27. The van der Waals surface area contributed by atoms with Gasteiger partial charge in [0.05, 0.1) is 0 Å². The van der Waals surface area contributed by atoms with E-state index in [4.69, 9.17) is 5.73 Å². The van der Waals surface area contributed by atoms with Crippen molar-refractivity contribution in [2.45, 2.75) is 25.3 Å². The molecule has 2 fully saturated rings. The largest absolute Gasteiger partial charge is 0.371 e. The zero-order valence-electron chi connectivity index (χ0n) is 12.0. The first-order valence-corrected chi connectivity index (χ1v) is 8.50. The van der Waals surface area contributed by atoms with Crippen LogP contribution in [-0.2, 0) is 0 Å². The Labute approximate surface area is 130 Å². The van der Waals surface area contributed by atoms with Gasteiger partial charge in [-0.05, 0) is 62.5 Å². The highest BCUT2D eigenvalue weighted by atomic mass is 79.9. The summed E-state index contributed by atoms with van der Waals surface area (Å²) in [6.07, 6.45) is 3.87. The third kappa shape index (κ3) is 3.18. The fourth-order valence-electron chi connectivity index (χ4n) is 3.53. The minimum Gasteiger partial charge on any atom is -0.371 e. The molecule has 3 rings (SSSR count). The molecule has 0 bridgehead atoms. The van der Waals surface area contributed by atoms with Crippen LogP contribution < -0.4 is 10.6 Å². The van der Waals surface area contributed by atoms with E-state index < -0.39 is 0 Å². The average molecular weight is 338 g/mol. The molecule has 4 heteroatoms. The van der Waals surface area contributed by atoms with Gasteiger partial charge in [-0.3, -0.25) is 4.90 Å². The van der Waals surface area contributed by atoms with E-state index in [9.17, 15) is 0 Å². The Kier molecular flexibility index (Phi) is 4.64. The molecule has 0 aromatic heterocycles. The lowest BCUT2D eigenvalue weighted by Crippen LogP contribution is -2.44. The van der Waals surface area contributed by atoms with Gasteiger partial charge >= 0.3 is 0 Å². The van der Waals surface area contributed by atoms with Gasteiger partial charge in [0.1, 0.15) is 0 Å². The zero-order chi connectivity index (χ0) is 13.9. The van der Waals surface area contributed by atoms with Crippen LogP contribution >= 0.6 is 15.9 Å². The lowest BCUT2D eigenvalue weighted by atomic mass is 10.0. The van der Waals surface area contributed by atoms with Gasteiger partial charge in [0.15, 0.2) is 0 Å².